The Morgan fingerprint density at radius 1 is 0.958 bits per heavy atom. The van der Waals surface area contributed by atoms with Crippen molar-refractivity contribution in [1.82, 2.24) is 39.9 Å². The maximum Gasteiger partial charge on any atom is 0.259 e. The lowest BCUT2D eigenvalue weighted by Crippen LogP contribution is -2.59. The molecule has 1 saturated carbocycles. The van der Waals surface area contributed by atoms with E-state index in [1.165, 1.54) is 16.2 Å². The van der Waals surface area contributed by atoms with E-state index in [0.717, 1.165) is 70.9 Å². The van der Waals surface area contributed by atoms with Crippen molar-refractivity contribution in [3.8, 4) is 38.8 Å². The first kappa shape index (κ1) is 51.4. The standard InChI is InChI=1S/C52H65FN8O9S/c1-32-45(71-31-56-32)33-8-9-34(26-55-47(63)41-25-36(62)28-61(41)49(65)46(51(2,3)4)57-50(66)52(53)11-12-52)42(22-33)70-21-20-69-19-18-59-14-16-60(17-15-59)30-40-43(67-6)23-35(24-44(40)68-7)39-29-58(5)48(64)38-27-54-13-10-37(38)39/h8-10,13,22-24,27,29,31,36,41,46,62H,11-12,14-21,25-26,28,30H2,1-7H3,(H,55,63)(H,57,66). The van der Waals surface area contributed by atoms with E-state index in [-0.39, 0.29) is 44.5 Å². The Hall–Kier alpha value is -5.99. The number of fused-ring (bicyclic) bond motifs is 1. The molecule has 3 amide bonds. The van der Waals surface area contributed by atoms with Crippen LogP contribution in [0.4, 0.5) is 4.39 Å². The predicted octanol–water partition coefficient (Wildman–Crippen LogP) is 4.87. The first-order valence-electron chi connectivity index (χ1n) is 24.1. The van der Waals surface area contributed by atoms with Gasteiger partial charge in [0.1, 0.15) is 35.9 Å². The Labute approximate surface area is 417 Å². The lowest BCUT2D eigenvalue weighted by atomic mass is 9.85. The van der Waals surface area contributed by atoms with Crippen LogP contribution in [-0.4, -0.2) is 149 Å². The number of β-amino-alcohol motifs (C(OH)–C–C–N with tert-alkyl or cyclic N) is 1. The fourth-order valence-corrected chi connectivity index (χ4v) is 10.1. The third kappa shape index (κ3) is 11.7. The van der Waals surface area contributed by atoms with Crippen LogP contribution in [0.3, 0.4) is 0 Å². The largest absolute Gasteiger partial charge is 0.496 e. The van der Waals surface area contributed by atoms with Crippen LogP contribution < -0.4 is 30.4 Å². The van der Waals surface area contributed by atoms with E-state index in [1.807, 2.05) is 49.5 Å². The molecule has 71 heavy (non-hydrogen) atoms. The van der Waals surface area contributed by atoms with Crippen LogP contribution >= 0.6 is 11.3 Å². The van der Waals surface area contributed by atoms with Crippen molar-refractivity contribution in [1.29, 1.82) is 0 Å². The van der Waals surface area contributed by atoms with E-state index in [0.29, 0.717) is 48.0 Å². The molecule has 1 aliphatic carbocycles. The zero-order valence-corrected chi connectivity index (χ0v) is 42.4. The highest BCUT2D eigenvalue weighted by atomic mass is 32.1. The molecule has 2 aromatic carbocycles. The average molecular weight is 997 g/mol. The van der Waals surface area contributed by atoms with Crippen LogP contribution in [0.25, 0.3) is 32.3 Å². The number of rotatable bonds is 19. The minimum atomic E-state index is -1.98. The van der Waals surface area contributed by atoms with Gasteiger partial charge in [0.15, 0.2) is 5.67 Å². The van der Waals surface area contributed by atoms with E-state index in [4.69, 9.17) is 18.9 Å². The maximum atomic E-state index is 14.7. The average Bonchev–Trinajstić information content (AvgIpc) is 3.77. The smallest absolute Gasteiger partial charge is 0.259 e. The number of carbonyl (C=O) groups is 3. The zero-order chi connectivity index (χ0) is 50.6. The summed E-state index contributed by atoms with van der Waals surface area (Å²) < 4.78 is 40.5. The van der Waals surface area contributed by atoms with Crippen LogP contribution in [0.15, 0.2) is 65.3 Å². The van der Waals surface area contributed by atoms with Crippen LogP contribution in [-0.2, 0) is 39.3 Å². The van der Waals surface area contributed by atoms with Crippen LogP contribution in [0.5, 0.6) is 17.2 Å². The summed E-state index contributed by atoms with van der Waals surface area (Å²) in [6.07, 6.45) is 4.40. The summed E-state index contributed by atoms with van der Waals surface area (Å²) in [5, 5.41) is 17.6. The molecule has 3 aromatic heterocycles. The number of halogens is 1. The van der Waals surface area contributed by atoms with Gasteiger partial charge in [-0.2, -0.15) is 0 Å². The lowest BCUT2D eigenvalue weighted by Gasteiger charge is -2.35. The van der Waals surface area contributed by atoms with Crippen molar-refractivity contribution in [2.24, 2.45) is 12.5 Å². The van der Waals surface area contributed by atoms with Crippen LogP contribution in [0.2, 0.25) is 0 Å². The summed E-state index contributed by atoms with van der Waals surface area (Å²) in [7, 11) is 5.05. The zero-order valence-electron chi connectivity index (χ0n) is 41.6. The number of nitrogens with zero attached hydrogens (tertiary/aromatic N) is 6. The molecule has 3 unspecified atom stereocenters. The number of alkyl halides is 1. The molecule has 0 spiro atoms. The fourth-order valence-electron chi connectivity index (χ4n) is 9.31. The Morgan fingerprint density at radius 3 is 2.32 bits per heavy atom. The lowest BCUT2D eigenvalue weighted by molar-refractivity contribution is -0.145. The molecule has 8 rings (SSSR count). The van der Waals surface area contributed by atoms with E-state index < -0.39 is 47.0 Å². The molecule has 2 saturated heterocycles. The SMILES string of the molecule is COc1cc(-c2cn(C)c(=O)c3cnccc23)cc(OC)c1CN1CCN(CCOCCOc2cc(-c3scnc3C)ccc2CNC(=O)C2CC(O)CN2C(=O)C(NC(=O)C2(F)CC2)C(C)(C)C)CC1. The maximum absolute atomic E-state index is 14.7. The molecule has 380 valence electrons. The molecule has 5 heterocycles. The van der Waals surface area contributed by atoms with Crippen molar-refractivity contribution < 1.29 is 42.8 Å². The van der Waals surface area contributed by atoms with Crippen molar-refractivity contribution in [2.45, 2.75) is 83.9 Å². The number of hydrogen-bond donors (Lipinski definition) is 3. The summed E-state index contributed by atoms with van der Waals surface area (Å²) in [5.41, 5.74) is 4.15. The number of nitrogens with one attached hydrogen (secondary N) is 2. The van der Waals surface area contributed by atoms with Gasteiger partial charge in [-0.15, -0.1) is 11.3 Å². The molecule has 19 heteroatoms. The minimum Gasteiger partial charge on any atom is -0.496 e. The molecule has 5 aromatic rings. The molecule has 17 nitrogen and oxygen atoms in total. The van der Waals surface area contributed by atoms with E-state index >= 15 is 0 Å². The van der Waals surface area contributed by atoms with Crippen LogP contribution in [0, 0.1) is 12.3 Å². The molecule has 3 atom stereocenters. The first-order chi connectivity index (χ1) is 34.0. The van der Waals surface area contributed by atoms with E-state index in [2.05, 4.69) is 30.4 Å². The third-order valence-electron chi connectivity index (χ3n) is 13.7. The number of methoxy groups -OCH3 is 2. The van der Waals surface area contributed by atoms with Gasteiger partial charge in [-0.3, -0.25) is 34.0 Å². The number of aromatic nitrogens is 3. The summed E-state index contributed by atoms with van der Waals surface area (Å²) >= 11 is 1.52. The Morgan fingerprint density at radius 2 is 1.66 bits per heavy atom. The summed E-state index contributed by atoms with van der Waals surface area (Å²) in [6.45, 7) is 13.1. The summed E-state index contributed by atoms with van der Waals surface area (Å²) in [6, 6.07) is 9.54. The van der Waals surface area contributed by atoms with Crippen molar-refractivity contribution in [3.05, 3.63) is 87.7 Å². The van der Waals surface area contributed by atoms with Gasteiger partial charge in [0.05, 0.1) is 60.6 Å². The summed E-state index contributed by atoms with van der Waals surface area (Å²) in [4.78, 5) is 69.0. The molecule has 3 fully saturated rings. The number of carbonyl (C=O) groups excluding carboxylic acids is 3. The van der Waals surface area contributed by atoms with Crippen molar-refractivity contribution >= 4 is 39.8 Å². The number of piperazine rings is 1. The molecule has 0 bridgehead atoms. The Kier molecular flexibility index (Phi) is 15.8. The highest BCUT2D eigenvalue weighted by Crippen LogP contribution is 2.41. The molecular formula is C52H65FN8O9S. The van der Waals surface area contributed by atoms with Gasteiger partial charge >= 0.3 is 0 Å². The Bertz CT molecular complexity index is 2780. The van der Waals surface area contributed by atoms with Gasteiger partial charge in [0.2, 0.25) is 11.8 Å². The second kappa shape index (κ2) is 21.8. The topological polar surface area (TPSA) is 190 Å². The normalized spacial score (nSPS) is 18.6. The van der Waals surface area contributed by atoms with Crippen molar-refractivity contribution in [3.63, 3.8) is 0 Å². The number of aryl methyl sites for hydroxylation is 2. The fraction of sp³-hybridized carbons (Fsp3) is 0.500. The highest BCUT2D eigenvalue weighted by molar-refractivity contribution is 7.13. The number of amides is 3. The number of thiazole rings is 1. The summed E-state index contributed by atoms with van der Waals surface area (Å²) in [5.74, 6) is 0.145. The van der Waals surface area contributed by atoms with Gasteiger partial charge in [-0.05, 0) is 66.0 Å². The van der Waals surface area contributed by atoms with Crippen molar-refractivity contribution in [2.75, 3.05) is 73.3 Å². The second-order valence-electron chi connectivity index (χ2n) is 19.8. The highest BCUT2D eigenvalue weighted by Gasteiger charge is 2.53. The number of hydrogen-bond acceptors (Lipinski definition) is 14. The molecule has 3 N–H and O–H groups in total. The Balaban J connectivity index is 0.835. The number of ether oxygens (including phenoxy) is 4. The second-order valence-corrected chi connectivity index (χ2v) is 20.6. The number of aliphatic hydroxyl groups is 1. The van der Waals surface area contributed by atoms with Gasteiger partial charge in [-0.1, -0.05) is 32.9 Å². The number of likely N-dealkylation sites (tertiary alicyclic amines) is 1. The van der Waals surface area contributed by atoms with Gasteiger partial charge in [0.25, 0.3) is 11.5 Å². The molecular weight excluding hydrogens is 932 g/mol. The van der Waals surface area contributed by atoms with Crippen LogP contribution in [0.1, 0.15) is 56.9 Å². The number of benzene rings is 2. The molecule has 0 radical (unpaired) electrons. The molecule has 3 aliphatic rings. The third-order valence-corrected chi connectivity index (χ3v) is 14.6. The van der Waals surface area contributed by atoms with Gasteiger partial charge < -0.3 is 44.2 Å². The monoisotopic (exact) mass is 996 g/mol. The number of aliphatic hydroxyl groups excluding tert-OH is 1. The van der Waals surface area contributed by atoms with E-state index in [9.17, 15) is 28.7 Å². The predicted molar refractivity (Wildman–Crippen MR) is 268 cm³/mol. The minimum absolute atomic E-state index is 0.0205. The van der Waals surface area contributed by atoms with Gasteiger partial charge in [-0.25, -0.2) is 9.37 Å². The van der Waals surface area contributed by atoms with E-state index in [1.54, 1.807) is 64.5 Å². The molecule has 2 aliphatic heterocycles. The number of pyridine rings is 2. The first-order valence-corrected chi connectivity index (χ1v) is 25.0. The quantitative estimate of drug-likeness (QED) is 0.0952. The van der Waals surface area contributed by atoms with Gasteiger partial charge in [0, 0.05) is 95.5 Å².